The summed E-state index contributed by atoms with van der Waals surface area (Å²) in [6.45, 7) is 3.61. The van der Waals surface area contributed by atoms with Gasteiger partial charge in [0.2, 0.25) is 0 Å². The molecule has 2 fully saturated rings. The molecule has 2 heteroatoms. The number of piperidine rings is 1. The fourth-order valence-corrected chi connectivity index (χ4v) is 3.47. The Morgan fingerprint density at radius 1 is 1.00 bits per heavy atom. The summed E-state index contributed by atoms with van der Waals surface area (Å²) in [5.41, 5.74) is 0. The molecule has 0 radical (unpaired) electrons. The molecule has 1 aliphatic heterocycles. The van der Waals surface area contributed by atoms with E-state index in [1.54, 1.807) is 0 Å². The predicted molar refractivity (Wildman–Crippen MR) is 74.3 cm³/mol. The van der Waals surface area contributed by atoms with Crippen molar-refractivity contribution in [2.24, 2.45) is 0 Å². The summed E-state index contributed by atoms with van der Waals surface area (Å²) in [4.78, 5) is 0. The Morgan fingerprint density at radius 2 is 1.71 bits per heavy atom. The van der Waals surface area contributed by atoms with Crippen LogP contribution in [0.5, 0.6) is 0 Å². The van der Waals surface area contributed by atoms with Gasteiger partial charge >= 0.3 is 0 Å². The van der Waals surface area contributed by atoms with E-state index in [2.05, 4.69) is 17.6 Å². The van der Waals surface area contributed by atoms with Crippen molar-refractivity contribution in [2.45, 2.75) is 89.3 Å². The molecule has 100 valence electrons. The molecule has 2 aliphatic rings. The van der Waals surface area contributed by atoms with Crippen molar-refractivity contribution in [3.8, 4) is 0 Å². The van der Waals surface area contributed by atoms with E-state index in [1.807, 2.05) is 0 Å². The Balaban J connectivity index is 1.66. The summed E-state index contributed by atoms with van der Waals surface area (Å²) >= 11 is 0. The second-order valence-electron chi connectivity index (χ2n) is 6.14. The monoisotopic (exact) mass is 238 g/mol. The van der Waals surface area contributed by atoms with Gasteiger partial charge in [-0.05, 0) is 45.6 Å². The second-order valence-corrected chi connectivity index (χ2v) is 6.14. The number of nitrogens with one attached hydrogen (secondary N) is 2. The second kappa shape index (κ2) is 7.38. The number of hydrogen-bond acceptors (Lipinski definition) is 2. The van der Waals surface area contributed by atoms with Crippen LogP contribution in [-0.2, 0) is 0 Å². The third kappa shape index (κ3) is 4.97. The topological polar surface area (TPSA) is 24.1 Å². The van der Waals surface area contributed by atoms with Crippen molar-refractivity contribution < 1.29 is 0 Å². The third-order valence-electron chi connectivity index (χ3n) is 4.43. The quantitative estimate of drug-likeness (QED) is 0.735. The van der Waals surface area contributed by atoms with Crippen LogP contribution in [0.25, 0.3) is 0 Å². The van der Waals surface area contributed by atoms with Gasteiger partial charge in [0, 0.05) is 18.1 Å². The average molecular weight is 238 g/mol. The highest BCUT2D eigenvalue weighted by atomic mass is 15.0. The molecule has 0 amide bonds. The van der Waals surface area contributed by atoms with Crippen molar-refractivity contribution in [2.75, 3.05) is 6.54 Å². The molecule has 1 saturated carbocycles. The maximum Gasteiger partial charge on any atom is 0.00817 e. The van der Waals surface area contributed by atoms with Crippen molar-refractivity contribution >= 4 is 0 Å². The lowest BCUT2D eigenvalue weighted by molar-refractivity contribution is 0.320. The molecule has 17 heavy (non-hydrogen) atoms. The summed E-state index contributed by atoms with van der Waals surface area (Å²) in [7, 11) is 0. The van der Waals surface area contributed by atoms with Crippen molar-refractivity contribution in [1.82, 2.24) is 10.6 Å². The molecule has 2 N–H and O–H groups in total. The smallest absolute Gasteiger partial charge is 0.00817 e. The van der Waals surface area contributed by atoms with Gasteiger partial charge in [-0.3, -0.25) is 0 Å². The van der Waals surface area contributed by atoms with E-state index < -0.39 is 0 Å². The maximum atomic E-state index is 3.87. The fraction of sp³-hybridized carbons (Fsp3) is 1.00. The molecule has 0 bridgehead atoms. The Labute approximate surface area is 107 Å². The first kappa shape index (κ1) is 13.4. The van der Waals surface area contributed by atoms with Gasteiger partial charge < -0.3 is 10.6 Å². The van der Waals surface area contributed by atoms with Gasteiger partial charge in [-0.15, -0.1) is 0 Å². The summed E-state index contributed by atoms with van der Waals surface area (Å²) < 4.78 is 0. The Bertz CT molecular complexity index is 191. The van der Waals surface area contributed by atoms with Crippen LogP contribution in [0.3, 0.4) is 0 Å². The van der Waals surface area contributed by atoms with E-state index in [1.165, 1.54) is 70.8 Å². The van der Waals surface area contributed by atoms with Gasteiger partial charge in [0.25, 0.3) is 0 Å². The van der Waals surface area contributed by atoms with Gasteiger partial charge in [0.1, 0.15) is 0 Å². The summed E-state index contributed by atoms with van der Waals surface area (Å²) in [6.07, 6.45) is 14.1. The zero-order chi connectivity index (χ0) is 11.9. The lowest BCUT2D eigenvalue weighted by atomic mass is 9.98. The van der Waals surface area contributed by atoms with Crippen molar-refractivity contribution in [3.05, 3.63) is 0 Å². The van der Waals surface area contributed by atoms with Gasteiger partial charge in [-0.25, -0.2) is 0 Å². The largest absolute Gasteiger partial charge is 0.314 e. The molecule has 0 aromatic rings. The van der Waals surface area contributed by atoms with E-state index in [0.29, 0.717) is 6.04 Å². The summed E-state index contributed by atoms with van der Waals surface area (Å²) in [6, 6.07) is 2.27. The van der Waals surface area contributed by atoms with Crippen molar-refractivity contribution in [1.29, 1.82) is 0 Å². The molecular weight excluding hydrogens is 208 g/mol. The SMILES string of the molecule is CC(CC1CCCCN1)NC1CCCCCC1. The number of rotatable bonds is 4. The standard InChI is InChI=1S/C15H30N2/c1-13(12-15-10-6-7-11-16-15)17-14-8-4-2-3-5-9-14/h13-17H,2-12H2,1H3. The average Bonchev–Trinajstić information content (AvgIpc) is 2.59. The van der Waals surface area contributed by atoms with Crippen LogP contribution in [0, 0.1) is 0 Å². The molecule has 0 aromatic heterocycles. The van der Waals surface area contributed by atoms with Crippen LogP contribution in [0.2, 0.25) is 0 Å². The molecule has 2 atom stereocenters. The van der Waals surface area contributed by atoms with Crippen LogP contribution >= 0.6 is 0 Å². The van der Waals surface area contributed by atoms with Crippen LogP contribution in [0.15, 0.2) is 0 Å². The highest BCUT2D eigenvalue weighted by Gasteiger charge is 2.18. The fourth-order valence-electron chi connectivity index (χ4n) is 3.47. The van der Waals surface area contributed by atoms with Gasteiger partial charge in [0.05, 0.1) is 0 Å². The molecule has 0 aromatic carbocycles. The minimum absolute atomic E-state index is 0.689. The normalized spacial score (nSPS) is 29.8. The molecule has 1 aliphatic carbocycles. The van der Waals surface area contributed by atoms with Gasteiger partial charge in [-0.2, -0.15) is 0 Å². The minimum Gasteiger partial charge on any atom is -0.314 e. The summed E-state index contributed by atoms with van der Waals surface area (Å²) in [5.74, 6) is 0. The summed E-state index contributed by atoms with van der Waals surface area (Å²) in [5, 5.41) is 7.53. The Kier molecular flexibility index (Phi) is 5.79. The third-order valence-corrected chi connectivity index (χ3v) is 4.43. The zero-order valence-corrected chi connectivity index (χ0v) is 11.5. The highest BCUT2D eigenvalue weighted by Crippen LogP contribution is 2.19. The van der Waals surface area contributed by atoms with E-state index in [9.17, 15) is 0 Å². The molecule has 0 spiro atoms. The molecule has 2 nitrogen and oxygen atoms in total. The van der Waals surface area contributed by atoms with E-state index in [-0.39, 0.29) is 0 Å². The van der Waals surface area contributed by atoms with Crippen molar-refractivity contribution in [3.63, 3.8) is 0 Å². The first-order valence-corrected chi connectivity index (χ1v) is 7.84. The molecule has 2 unspecified atom stereocenters. The van der Waals surface area contributed by atoms with E-state index in [4.69, 9.17) is 0 Å². The van der Waals surface area contributed by atoms with Crippen LogP contribution in [0.1, 0.15) is 71.1 Å². The highest BCUT2D eigenvalue weighted by molar-refractivity contribution is 4.80. The minimum atomic E-state index is 0.689. The maximum absolute atomic E-state index is 3.87. The Morgan fingerprint density at radius 3 is 2.35 bits per heavy atom. The van der Waals surface area contributed by atoms with E-state index in [0.717, 1.165) is 12.1 Å². The van der Waals surface area contributed by atoms with Crippen LogP contribution in [-0.4, -0.2) is 24.7 Å². The van der Waals surface area contributed by atoms with Gasteiger partial charge in [0.15, 0.2) is 0 Å². The molecule has 1 heterocycles. The first-order valence-electron chi connectivity index (χ1n) is 7.84. The van der Waals surface area contributed by atoms with Crippen LogP contribution in [0.4, 0.5) is 0 Å². The molecule has 1 saturated heterocycles. The lowest BCUT2D eigenvalue weighted by Gasteiger charge is -2.29. The predicted octanol–water partition coefficient (Wildman–Crippen LogP) is 3.22. The van der Waals surface area contributed by atoms with Crippen LogP contribution < -0.4 is 10.6 Å². The first-order chi connectivity index (χ1) is 8.34. The molecular formula is C15H30N2. The van der Waals surface area contributed by atoms with Gasteiger partial charge in [-0.1, -0.05) is 32.1 Å². The molecule has 2 rings (SSSR count). The Hall–Kier alpha value is -0.0800. The number of hydrogen-bond donors (Lipinski definition) is 2. The zero-order valence-electron chi connectivity index (χ0n) is 11.5. The van der Waals surface area contributed by atoms with E-state index >= 15 is 0 Å². The lowest BCUT2D eigenvalue weighted by Crippen LogP contribution is -2.43.